The van der Waals surface area contributed by atoms with E-state index in [2.05, 4.69) is 46.1 Å². The quantitative estimate of drug-likeness (QED) is 0.781. The van der Waals surface area contributed by atoms with E-state index in [1.807, 2.05) is 12.1 Å². The topological polar surface area (TPSA) is 34.2 Å². The Kier molecular flexibility index (Phi) is 6.03. The van der Waals surface area contributed by atoms with Crippen LogP contribution in [0.1, 0.15) is 25.1 Å². The molecule has 0 saturated carbocycles. The fraction of sp³-hybridized carbons (Fsp3) is 0.312. The minimum atomic E-state index is 0.602. The van der Waals surface area contributed by atoms with E-state index in [-0.39, 0.29) is 0 Å². The van der Waals surface area contributed by atoms with Crippen molar-refractivity contribution < 1.29 is 4.74 Å². The molecule has 2 aromatic rings. The Morgan fingerprint density at radius 3 is 2.71 bits per heavy atom. The summed E-state index contributed by atoms with van der Waals surface area (Å²) in [6.45, 7) is 5.92. The fourth-order valence-electron chi connectivity index (χ4n) is 1.90. The van der Waals surface area contributed by atoms with Gasteiger partial charge in [0.2, 0.25) is 5.88 Å². The van der Waals surface area contributed by atoms with Crippen molar-refractivity contribution in [2.75, 3.05) is 6.54 Å². The van der Waals surface area contributed by atoms with E-state index >= 15 is 0 Å². The van der Waals surface area contributed by atoms with Gasteiger partial charge in [0, 0.05) is 23.3 Å². The third kappa shape index (κ3) is 4.70. The zero-order chi connectivity index (χ0) is 15.2. The zero-order valence-corrected chi connectivity index (χ0v) is 14.5. The molecule has 21 heavy (non-hydrogen) atoms. The molecule has 0 aliphatic carbocycles. The van der Waals surface area contributed by atoms with Crippen molar-refractivity contribution in [2.24, 2.45) is 0 Å². The smallest absolute Gasteiger partial charge is 0.219 e. The summed E-state index contributed by atoms with van der Waals surface area (Å²) >= 11 is 9.39. The Balaban J connectivity index is 2.25. The lowest BCUT2D eigenvalue weighted by atomic mass is 10.2. The van der Waals surface area contributed by atoms with Crippen molar-refractivity contribution >= 4 is 27.5 Å². The number of benzene rings is 1. The number of aryl methyl sites for hydroxylation is 1. The lowest BCUT2D eigenvalue weighted by Crippen LogP contribution is -2.12. The summed E-state index contributed by atoms with van der Waals surface area (Å²) in [5, 5.41) is 3.98. The van der Waals surface area contributed by atoms with E-state index in [0.717, 1.165) is 29.7 Å². The minimum Gasteiger partial charge on any atom is -0.438 e. The Morgan fingerprint density at radius 2 is 2.05 bits per heavy atom. The first-order valence-corrected chi connectivity index (χ1v) is 8.13. The van der Waals surface area contributed by atoms with E-state index in [1.165, 1.54) is 5.56 Å². The number of halogens is 2. The molecule has 0 fully saturated rings. The molecule has 0 aliphatic heterocycles. The van der Waals surface area contributed by atoms with Gasteiger partial charge in [-0.3, -0.25) is 0 Å². The molecule has 0 spiro atoms. The molecular weight excluding hydrogens is 352 g/mol. The van der Waals surface area contributed by atoms with E-state index in [0.29, 0.717) is 16.7 Å². The summed E-state index contributed by atoms with van der Waals surface area (Å²) in [6.07, 6.45) is 0.873. The number of nitrogens with zero attached hydrogens (tertiary/aromatic N) is 1. The second-order valence-corrected chi connectivity index (χ2v) is 5.91. The van der Waals surface area contributed by atoms with Gasteiger partial charge >= 0.3 is 0 Å². The number of pyridine rings is 1. The van der Waals surface area contributed by atoms with Crippen molar-refractivity contribution in [2.45, 2.75) is 26.8 Å². The first-order valence-electron chi connectivity index (χ1n) is 6.95. The third-order valence-corrected chi connectivity index (χ3v) is 3.82. The third-order valence-electron chi connectivity index (χ3n) is 2.96. The van der Waals surface area contributed by atoms with E-state index in [1.54, 1.807) is 12.1 Å². The van der Waals surface area contributed by atoms with Gasteiger partial charge in [-0.15, -0.1) is 0 Å². The van der Waals surface area contributed by atoms with Crippen molar-refractivity contribution in [1.82, 2.24) is 10.3 Å². The molecule has 0 radical (unpaired) electrons. The monoisotopic (exact) mass is 368 g/mol. The molecule has 112 valence electrons. The number of hydrogen-bond donors (Lipinski definition) is 1. The molecule has 0 amide bonds. The SMILES string of the molecule is CCNCc1cc(CC)nc(Oc2ccc(Cl)cc2Br)c1. The largest absolute Gasteiger partial charge is 0.438 e. The average molecular weight is 370 g/mol. The molecule has 1 aromatic heterocycles. The van der Waals surface area contributed by atoms with E-state index in [4.69, 9.17) is 16.3 Å². The Labute approximate surface area is 138 Å². The highest BCUT2D eigenvalue weighted by atomic mass is 79.9. The summed E-state index contributed by atoms with van der Waals surface area (Å²) in [6, 6.07) is 9.50. The van der Waals surface area contributed by atoms with Crippen LogP contribution in [0.15, 0.2) is 34.8 Å². The van der Waals surface area contributed by atoms with Crippen LogP contribution in [0.4, 0.5) is 0 Å². The fourth-order valence-corrected chi connectivity index (χ4v) is 2.66. The molecule has 1 aromatic carbocycles. The van der Waals surface area contributed by atoms with Crippen LogP contribution >= 0.6 is 27.5 Å². The number of rotatable bonds is 6. The maximum absolute atomic E-state index is 5.94. The first kappa shape index (κ1) is 16.3. The van der Waals surface area contributed by atoms with Crippen molar-refractivity contribution in [3.05, 3.63) is 51.1 Å². The Morgan fingerprint density at radius 1 is 1.24 bits per heavy atom. The van der Waals surface area contributed by atoms with Gasteiger partial charge in [0.25, 0.3) is 0 Å². The summed E-state index contributed by atoms with van der Waals surface area (Å²) < 4.78 is 6.69. The average Bonchev–Trinajstić information content (AvgIpc) is 2.48. The lowest BCUT2D eigenvalue weighted by molar-refractivity contribution is 0.457. The minimum absolute atomic E-state index is 0.602. The Bertz CT molecular complexity index is 619. The van der Waals surface area contributed by atoms with Gasteiger partial charge in [-0.05, 0) is 58.7 Å². The molecule has 0 unspecified atom stereocenters. The van der Waals surface area contributed by atoms with E-state index in [9.17, 15) is 0 Å². The maximum Gasteiger partial charge on any atom is 0.219 e. The van der Waals surface area contributed by atoms with Gasteiger partial charge in [0.1, 0.15) is 5.75 Å². The van der Waals surface area contributed by atoms with Crippen LogP contribution < -0.4 is 10.1 Å². The molecule has 0 bridgehead atoms. The van der Waals surface area contributed by atoms with Crippen LogP contribution in [-0.2, 0) is 13.0 Å². The molecule has 3 nitrogen and oxygen atoms in total. The second-order valence-electron chi connectivity index (χ2n) is 4.62. The zero-order valence-electron chi connectivity index (χ0n) is 12.1. The van der Waals surface area contributed by atoms with Crippen LogP contribution in [0.5, 0.6) is 11.6 Å². The van der Waals surface area contributed by atoms with Gasteiger partial charge in [-0.25, -0.2) is 4.98 Å². The predicted octanol–water partition coefficient (Wildman–Crippen LogP) is 4.96. The predicted molar refractivity (Wildman–Crippen MR) is 90.2 cm³/mol. The molecular formula is C16H18BrClN2O. The summed E-state index contributed by atoms with van der Waals surface area (Å²) in [5.41, 5.74) is 2.19. The van der Waals surface area contributed by atoms with Gasteiger partial charge in [0.15, 0.2) is 0 Å². The van der Waals surface area contributed by atoms with Gasteiger partial charge in [-0.1, -0.05) is 25.4 Å². The number of aromatic nitrogens is 1. The first-order chi connectivity index (χ1) is 10.1. The standard InChI is InChI=1S/C16H18BrClN2O/c1-3-13-7-11(10-19-4-2)8-16(20-13)21-15-6-5-12(18)9-14(15)17/h5-9,19H,3-4,10H2,1-2H3. The van der Waals surface area contributed by atoms with E-state index < -0.39 is 0 Å². The summed E-state index contributed by atoms with van der Waals surface area (Å²) in [5.74, 6) is 1.31. The van der Waals surface area contributed by atoms with Gasteiger partial charge < -0.3 is 10.1 Å². The highest BCUT2D eigenvalue weighted by Crippen LogP contribution is 2.31. The molecule has 0 aliphatic rings. The number of ether oxygens (including phenoxy) is 1. The van der Waals surface area contributed by atoms with Crippen LogP contribution in [-0.4, -0.2) is 11.5 Å². The molecule has 2 rings (SSSR count). The molecule has 5 heteroatoms. The maximum atomic E-state index is 5.94. The van der Waals surface area contributed by atoms with Crippen molar-refractivity contribution in [3.8, 4) is 11.6 Å². The van der Waals surface area contributed by atoms with Crippen molar-refractivity contribution in [3.63, 3.8) is 0 Å². The number of nitrogens with one attached hydrogen (secondary N) is 1. The van der Waals surface area contributed by atoms with Crippen molar-refractivity contribution in [1.29, 1.82) is 0 Å². The summed E-state index contributed by atoms with van der Waals surface area (Å²) in [7, 11) is 0. The van der Waals surface area contributed by atoms with Gasteiger partial charge in [-0.2, -0.15) is 0 Å². The lowest BCUT2D eigenvalue weighted by Gasteiger charge is -2.11. The van der Waals surface area contributed by atoms with Crippen LogP contribution in [0, 0.1) is 0 Å². The van der Waals surface area contributed by atoms with Gasteiger partial charge in [0.05, 0.1) is 4.47 Å². The van der Waals surface area contributed by atoms with Crippen LogP contribution in [0.3, 0.4) is 0 Å². The summed E-state index contributed by atoms with van der Waals surface area (Å²) in [4.78, 5) is 4.51. The molecule has 0 atom stereocenters. The van der Waals surface area contributed by atoms with Crippen LogP contribution in [0.25, 0.3) is 0 Å². The highest BCUT2D eigenvalue weighted by molar-refractivity contribution is 9.10. The molecule has 1 heterocycles. The highest BCUT2D eigenvalue weighted by Gasteiger charge is 2.07. The van der Waals surface area contributed by atoms with Crippen LogP contribution in [0.2, 0.25) is 5.02 Å². The normalized spacial score (nSPS) is 10.7. The second kappa shape index (κ2) is 7.78. The number of hydrogen-bond acceptors (Lipinski definition) is 3. The Hall–Kier alpha value is -1.10. The molecule has 0 saturated heterocycles. The molecule has 1 N–H and O–H groups in total.